The molecule has 1 aromatic carbocycles. The molecule has 5 heteroatoms. The summed E-state index contributed by atoms with van der Waals surface area (Å²) in [6, 6.07) is 3.45. The van der Waals surface area contributed by atoms with Crippen LogP contribution in [0.2, 0.25) is 0 Å². The van der Waals surface area contributed by atoms with Gasteiger partial charge in [-0.2, -0.15) is 0 Å². The van der Waals surface area contributed by atoms with Crippen LogP contribution in [0.15, 0.2) is 18.2 Å². The van der Waals surface area contributed by atoms with Crippen molar-refractivity contribution >= 4 is 5.97 Å². The van der Waals surface area contributed by atoms with Gasteiger partial charge in [-0.1, -0.05) is 6.07 Å². The first-order valence-corrected chi connectivity index (χ1v) is 5.29. The van der Waals surface area contributed by atoms with Gasteiger partial charge in [-0.05, 0) is 30.5 Å². The lowest BCUT2D eigenvalue weighted by molar-refractivity contribution is -0.148. The molecule has 0 spiro atoms. The number of rotatable bonds is 3. The van der Waals surface area contributed by atoms with Crippen molar-refractivity contribution in [3.63, 3.8) is 0 Å². The lowest BCUT2D eigenvalue weighted by Gasteiger charge is -2.21. The average Bonchev–Trinajstić information content (AvgIpc) is 2.73. The minimum atomic E-state index is -1.01. The number of hydrogen-bond acceptors (Lipinski definition) is 2. The molecule has 1 fully saturated rings. The second-order valence-electron chi connectivity index (χ2n) is 4.31. The summed E-state index contributed by atoms with van der Waals surface area (Å²) in [6.45, 7) is 0.497. The molecule has 1 N–H and O–H groups in total. The van der Waals surface area contributed by atoms with Gasteiger partial charge in [0.1, 0.15) is 0 Å². The van der Waals surface area contributed by atoms with Crippen molar-refractivity contribution in [2.75, 3.05) is 13.2 Å². The number of aliphatic carboxylic acids is 1. The van der Waals surface area contributed by atoms with E-state index in [2.05, 4.69) is 0 Å². The zero-order valence-corrected chi connectivity index (χ0v) is 9.08. The lowest BCUT2D eigenvalue weighted by atomic mass is 9.81. The molecule has 92 valence electrons. The molecule has 0 amide bonds. The van der Waals surface area contributed by atoms with Crippen molar-refractivity contribution in [1.82, 2.24) is 0 Å². The van der Waals surface area contributed by atoms with E-state index in [1.807, 2.05) is 0 Å². The first kappa shape index (κ1) is 12.0. The molecule has 1 aromatic rings. The Morgan fingerprint density at radius 2 is 2.18 bits per heavy atom. The molecule has 0 aliphatic carbocycles. The highest BCUT2D eigenvalue weighted by Gasteiger charge is 2.42. The molecular formula is C12H12F2O3. The van der Waals surface area contributed by atoms with Crippen molar-refractivity contribution in [2.24, 2.45) is 5.41 Å². The maximum absolute atomic E-state index is 13.0. The van der Waals surface area contributed by atoms with Crippen LogP contribution >= 0.6 is 0 Å². The number of carbonyl (C=O) groups is 1. The Kier molecular flexibility index (Phi) is 3.11. The Hall–Kier alpha value is -1.49. The Morgan fingerprint density at radius 1 is 1.41 bits per heavy atom. The number of carboxylic acids is 1. The molecule has 1 saturated heterocycles. The van der Waals surface area contributed by atoms with Gasteiger partial charge in [0, 0.05) is 6.61 Å². The molecule has 0 bridgehead atoms. The van der Waals surface area contributed by atoms with E-state index >= 15 is 0 Å². The molecule has 17 heavy (non-hydrogen) atoms. The molecule has 0 radical (unpaired) electrons. The highest BCUT2D eigenvalue weighted by molar-refractivity contribution is 5.75. The van der Waals surface area contributed by atoms with Crippen LogP contribution in [0.5, 0.6) is 0 Å². The minimum Gasteiger partial charge on any atom is -0.481 e. The van der Waals surface area contributed by atoms with Crippen molar-refractivity contribution < 1.29 is 23.4 Å². The number of hydrogen-bond donors (Lipinski definition) is 1. The Labute approximate surface area is 97.0 Å². The Bertz CT molecular complexity index is 439. The summed E-state index contributed by atoms with van der Waals surface area (Å²) in [7, 11) is 0. The monoisotopic (exact) mass is 242 g/mol. The quantitative estimate of drug-likeness (QED) is 0.881. The van der Waals surface area contributed by atoms with E-state index in [-0.39, 0.29) is 13.0 Å². The van der Waals surface area contributed by atoms with Gasteiger partial charge in [-0.3, -0.25) is 4.79 Å². The summed E-state index contributed by atoms with van der Waals surface area (Å²) >= 11 is 0. The molecule has 1 aliphatic rings. The normalized spacial score (nSPS) is 23.9. The van der Waals surface area contributed by atoms with Gasteiger partial charge in [0.15, 0.2) is 11.6 Å². The predicted molar refractivity (Wildman–Crippen MR) is 55.6 cm³/mol. The summed E-state index contributed by atoms with van der Waals surface area (Å²) in [6.07, 6.45) is 0.543. The summed E-state index contributed by atoms with van der Waals surface area (Å²) in [5.41, 5.74) is -0.540. The SMILES string of the molecule is O=C(O)C1(Cc2ccc(F)c(F)c2)CCOC1. The molecule has 1 aliphatic heterocycles. The third-order valence-electron chi connectivity index (χ3n) is 3.08. The van der Waals surface area contributed by atoms with Crippen LogP contribution in [-0.2, 0) is 16.0 Å². The van der Waals surface area contributed by atoms with Crippen LogP contribution in [0.1, 0.15) is 12.0 Å². The molecule has 1 atom stereocenters. The maximum atomic E-state index is 13.0. The van der Waals surface area contributed by atoms with Gasteiger partial charge in [0.25, 0.3) is 0 Å². The van der Waals surface area contributed by atoms with Crippen LogP contribution in [0.3, 0.4) is 0 Å². The summed E-state index contributed by atoms with van der Waals surface area (Å²) in [5.74, 6) is -2.84. The summed E-state index contributed by atoms with van der Waals surface area (Å²) in [5, 5.41) is 9.20. The van der Waals surface area contributed by atoms with Gasteiger partial charge in [0.05, 0.1) is 12.0 Å². The van der Waals surface area contributed by atoms with E-state index in [1.165, 1.54) is 6.07 Å². The molecule has 1 unspecified atom stereocenters. The molecule has 0 saturated carbocycles. The van der Waals surface area contributed by atoms with Crippen molar-refractivity contribution in [1.29, 1.82) is 0 Å². The predicted octanol–water partition coefficient (Wildman–Crippen LogP) is 2.00. The molecule has 2 rings (SSSR count). The van der Waals surface area contributed by atoms with E-state index in [4.69, 9.17) is 4.74 Å². The van der Waals surface area contributed by atoms with E-state index in [0.717, 1.165) is 12.1 Å². The van der Waals surface area contributed by atoms with Gasteiger partial charge in [0.2, 0.25) is 0 Å². The third kappa shape index (κ3) is 2.29. The van der Waals surface area contributed by atoms with E-state index < -0.39 is 23.0 Å². The second-order valence-corrected chi connectivity index (χ2v) is 4.31. The molecule has 1 heterocycles. The first-order valence-electron chi connectivity index (χ1n) is 5.29. The first-order chi connectivity index (χ1) is 8.03. The van der Waals surface area contributed by atoms with Crippen LogP contribution in [0.25, 0.3) is 0 Å². The zero-order chi connectivity index (χ0) is 12.5. The van der Waals surface area contributed by atoms with Crippen LogP contribution in [-0.4, -0.2) is 24.3 Å². The Balaban J connectivity index is 2.23. The van der Waals surface area contributed by atoms with Gasteiger partial charge < -0.3 is 9.84 Å². The number of ether oxygens (including phenoxy) is 1. The van der Waals surface area contributed by atoms with Crippen LogP contribution < -0.4 is 0 Å². The smallest absolute Gasteiger partial charge is 0.312 e. The number of benzene rings is 1. The zero-order valence-electron chi connectivity index (χ0n) is 9.08. The van der Waals surface area contributed by atoms with Crippen LogP contribution in [0, 0.1) is 17.0 Å². The lowest BCUT2D eigenvalue weighted by Crippen LogP contribution is -2.33. The van der Waals surface area contributed by atoms with E-state index in [1.54, 1.807) is 0 Å². The van der Waals surface area contributed by atoms with Gasteiger partial charge in [-0.25, -0.2) is 8.78 Å². The van der Waals surface area contributed by atoms with Crippen LogP contribution in [0.4, 0.5) is 8.78 Å². The average molecular weight is 242 g/mol. The van der Waals surface area contributed by atoms with Crippen molar-refractivity contribution in [2.45, 2.75) is 12.8 Å². The highest BCUT2D eigenvalue weighted by atomic mass is 19.2. The maximum Gasteiger partial charge on any atom is 0.312 e. The minimum absolute atomic E-state index is 0.112. The van der Waals surface area contributed by atoms with Gasteiger partial charge in [-0.15, -0.1) is 0 Å². The van der Waals surface area contributed by atoms with Gasteiger partial charge >= 0.3 is 5.97 Å². The summed E-state index contributed by atoms with van der Waals surface area (Å²) in [4.78, 5) is 11.2. The number of halogens is 2. The largest absolute Gasteiger partial charge is 0.481 e. The third-order valence-corrected chi connectivity index (χ3v) is 3.08. The fourth-order valence-corrected chi connectivity index (χ4v) is 2.03. The fourth-order valence-electron chi connectivity index (χ4n) is 2.03. The van der Waals surface area contributed by atoms with Crippen molar-refractivity contribution in [3.8, 4) is 0 Å². The molecule has 3 nitrogen and oxygen atoms in total. The standard InChI is InChI=1S/C12H12F2O3/c13-9-2-1-8(5-10(9)14)6-12(11(15)16)3-4-17-7-12/h1-2,5H,3-4,6-7H2,(H,15,16). The molecular weight excluding hydrogens is 230 g/mol. The molecule has 0 aromatic heterocycles. The van der Waals surface area contributed by atoms with Crippen molar-refractivity contribution in [3.05, 3.63) is 35.4 Å². The van der Waals surface area contributed by atoms with E-state index in [9.17, 15) is 18.7 Å². The van der Waals surface area contributed by atoms with E-state index in [0.29, 0.717) is 18.6 Å². The topological polar surface area (TPSA) is 46.5 Å². The second kappa shape index (κ2) is 4.41. The number of carboxylic acid groups (broad SMARTS) is 1. The Morgan fingerprint density at radius 3 is 2.71 bits per heavy atom. The summed E-state index contributed by atoms with van der Waals surface area (Å²) < 4.78 is 30.9. The highest BCUT2D eigenvalue weighted by Crippen LogP contribution is 2.33. The fraction of sp³-hybridized carbons (Fsp3) is 0.417.